The van der Waals surface area contributed by atoms with Crippen LogP contribution in [0.4, 0.5) is 0 Å². The summed E-state index contributed by atoms with van der Waals surface area (Å²) < 4.78 is 1.70. The van der Waals surface area contributed by atoms with Crippen LogP contribution in [0.2, 0.25) is 0 Å². The van der Waals surface area contributed by atoms with E-state index in [-0.39, 0.29) is 0 Å². The fourth-order valence-corrected chi connectivity index (χ4v) is 1.88. The van der Waals surface area contributed by atoms with Crippen LogP contribution in [-0.2, 0) is 19.9 Å². The van der Waals surface area contributed by atoms with Crippen molar-refractivity contribution in [3.63, 3.8) is 0 Å². The summed E-state index contributed by atoms with van der Waals surface area (Å²) in [6, 6.07) is 8.12. The molecule has 0 aliphatic carbocycles. The number of hydrogen-bond acceptors (Lipinski definition) is 3. The number of hydrogen-bond donors (Lipinski definition) is 1. The molecular weight excluding hydrogens is 214 g/mol. The number of aromatic nitrogens is 3. The third-order valence-corrected chi connectivity index (χ3v) is 2.94. The third kappa shape index (κ3) is 2.91. The fourth-order valence-electron chi connectivity index (χ4n) is 1.88. The molecule has 4 nitrogen and oxygen atoms in total. The first-order valence-electron chi connectivity index (χ1n) is 5.72. The summed E-state index contributed by atoms with van der Waals surface area (Å²) >= 11 is 0. The molecule has 0 amide bonds. The van der Waals surface area contributed by atoms with Gasteiger partial charge in [-0.1, -0.05) is 24.3 Å². The Kier molecular flexibility index (Phi) is 3.54. The molecule has 1 atom stereocenters. The summed E-state index contributed by atoms with van der Waals surface area (Å²) in [7, 11) is 1.84. The number of aliphatic hydroxyl groups excluding tert-OH is 1. The second-order valence-corrected chi connectivity index (χ2v) is 4.29. The van der Waals surface area contributed by atoms with Gasteiger partial charge in [0.2, 0.25) is 0 Å². The van der Waals surface area contributed by atoms with E-state index in [4.69, 9.17) is 0 Å². The Labute approximate surface area is 101 Å². The summed E-state index contributed by atoms with van der Waals surface area (Å²) in [6.07, 6.45) is 2.28. The summed E-state index contributed by atoms with van der Waals surface area (Å²) in [6.45, 7) is 2.06. The molecule has 0 spiro atoms. The smallest absolute Gasteiger partial charge is 0.138 e. The predicted molar refractivity (Wildman–Crippen MR) is 65.6 cm³/mol. The zero-order valence-corrected chi connectivity index (χ0v) is 10.2. The van der Waals surface area contributed by atoms with Gasteiger partial charge < -0.3 is 5.11 Å². The van der Waals surface area contributed by atoms with E-state index in [0.29, 0.717) is 12.8 Å². The summed E-state index contributed by atoms with van der Waals surface area (Å²) in [5.41, 5.74) is 2.40. The van der Waals surface area contributed by atoms with E-state index in [9.17, 15) is 5.11 Å². The van der Waals surface area contributed by atoms with Crippen LogP contribution >= 0.6 is 0 Å². The maximum absolute atomic E-state index is 10.0. The topological polar surface area (TPSA) is 50.9 Å². The maximum atomic E-state index is 10.0. The molecule has 1 aromatic heterocycles. The van der Waals surface area contributed by atoms with Gasteiger partial charge >= 0.3 is 0 Å². The van der Waals surface area contributed by atoms with E-state index < -0.39 is 6.10 Å². The normalized spacial score (nSPS) is 12.6. The Hall–Kier alpha value is -1.68. The van der Waals surface area contributed by atoms with Gasteiger partial charge in [0.1, 0.15) is 12.2 Å². The number of aliphatic hydroxyl groups is 1. The van der Waals surface area contributed by atoms with Crippen LogP contribution in [0.3, 0.4) is 0 Å². The van der Waals surface area contributed by atoms with Gasteiger partial charge in [0.05, 0.1) is 6.10 Å². The van der Waals surface area contributed by atoms with Gasteiger partial charge in [0.25, 0.3) is 0 Å². The van der Waals surface area contributed by atoms with Crippen molar-refractivity contribution < 1.29 is 5.11 Å². The molecule has 0 saturated carbocycles. The second-order valence-electron chi connectivity index (χ2n) is 4.29. The first-order valence-corrected chi connectivity index (χ1v) is 5.72. The largest absolute Gasteiger partial charge is 0.392 e. The fraction of sp³-hybridized carbons (Fsp3) is 0.385. The van der Waals surface area contributed by atoms with Gasteiger partial charge in [-0.25, -0.2) is 4.98 Å². The van der Waals surface area contributed by atoms with Crippen molar-refractivity contribution in [3.8, 4) is 0 Å². The zero-order valence-electron chi connectivity index (χ0n) is 10.2. The Morgan fingerprint density at radius 2 is 2.06 bits per heavy atom. The first-order chi connectivity index (χ1) is 8.16. The van der Waals surface area contributed by atoms with Crippen LogP contribution in [0.15, 0.2) is 30.6 Å². The van der Waals surface area contributed by atoms with Crippen molar-refractivity contribution in [2.24, 2.45) is 7.05 Å². The molecule has 1 N–H and O–H groups in total. The highest BCUT2D eigenvalue weighted by Gasteiger charge is 2.11. The molecule has 0 saturated heterocycles. The lowest BCUT2D eigenvalue weighted by molar-refractivity contribution is 0.171. The molecule has 0 radical (unpaired) electrons. The van der Waals surface area contributed by atoms with Crippen molar-refractivity contribution >= 4 is 0 Å². The van der Waals surface area contributed by atoms with Crippen molar-refractivity contribution in [2.75, 3.05) is 0 Å². The monoisotopic (exact) mass is 231 g/mol. The average molecular weight is 231 g/mol. The van der Waals surface area contributed by atoms with Crippen molar-refractivity contribution in [1.82, 2.24) is 14.8 Å². The molecule has 0 fully saturated rings. The predicted octanol–water partition coefficient (Wildman–Crippen LogP) is 1.27. The first kappa shape index (κ1) is 11.8. The number of benzene rings is 1. The highest BCUT2D eigenvalue weighted by molar-refractivity contribution is 5.26. The third-order valence-electron chi connectivity index (χ3n) is 2.94. The second kappa shape index (κ2) is 5.10. The SMILES string of the molecule is Cc1ccccc1CC(O)Cc1ncnn1C. The van der Waals surface area contributed by atoms with Gasteiger partial charge in [-0.15, -0.1) is 0 Å². The van der Waals surface area contributed by atoms with E-state index in [0.717, 1.165) is 5.82 Å². The molecule has 0 aliphatic rings. The number of nitrogens with zero attached hydrogens (tertiary/aromatic N) is 3. The Morgan fingerprint density at radius 3 is 2.71 bits per heavy atom. The zero-order chi connectivity index (χ0) is 12.3. The summed E-state index contributed by atoms with van der Waals surface area (Å²) in [5.74, 6) is 0.811. The minimum atomic E-state index is -0.418. The van der Waals surface area contributed by atoms with E-state index in [1.54, 1.807) is 4.68 Å². The van der Waals surface area contributed by atoms with Crippen LogP contribution in [0.1, 0.15) is 17.0 Å². The minimum absolute atomic E-state index is 0.418. The Balaban J connectivity index is 2.01. The lowest BCUT2D eigenvalue weighted by atomic mass is 10.0. The summed E-state index contributed by atoms with van der Waals surface area (Å²) in [5, 5.41) is 14.0. The van der Waals surface area contributed by atoms with Crippen molar-refractivity contribution in [1.29, 1.82) is 0 Å². The van der Waals surface area contributed by atoms with E-state index >= 15 is 0 Å². The number of rotatable bonds is 4. The van der Waals surface area contributed by atoms with Gasteiger partial charge in [0, 0.05) is 13.5 Å². The van der Waals surface area contributed by atoms with Crippen LogP contribution < -0.4 is 0 Å². The minimum Gasteiger partial charge on any atom is -0.392 e. The van der Waals surface area contributed by atoms with Gasteiger partial charge in [-0.2, -0.15) is 5.10 Å². The molecule has 90 valence electrons. The molecular formula is C13H17N3O. The summed E-state index contributed by atoms with van der Waals surface area (Å²) in [4.78, 5) is 4.11. The Bertz CT molecular complexity index is 493. The number of aryl methyl sites for hydroxylation is 2. The average Bonchev–Trinajstić information content (AvgIpc) is 2.68. The molecule has 2 rings (SSSR count). The molecule has 1 unspecified atom stereocenters. The highest BCUT2D eigenvalue weighted by Crippen LogP contribution is 2.11. The van der Waals surface area contributed by atoms with E-state index in [2.05, 4.69) is 29.1 Å². The van der Waals surface area contributed by atoms with E-state index in [1.165, 1.54) is 17.5 Å². The van der Waals surface area contributed by atoms with Crippen molar-refractivity contribution in [2.45, 2.75) is 25.9 Å². The molecule has 4 heteroatoms. The van der Waals surface area contributed by atoms with Crippen LogP contribution in [0.25, 0.3) is 0 Å². The quantitative estimate of drug-likeness (QED) is 0.862. The standard InChI is InChI=1S/C13H17N3O/c1-10-5-3-4-6-11(10)7-12(17)8-13-14-9-15-16(13)2/h3-6,9,12,17H,7-8H2,1-2H3. The van der Waals surface area contributed by atoms with Crippen LogP contribution in [0, 0.1) is 6.92 Å². The molecule has 0 aliphatic heterocycles. The van der Waals surface area contributed by atoms with Gasteiger partial charge in [0.15, 0.2) is 0 Å². The van der Waals surface area contributed by atoms with Gasteiger partial charge in [-0.05, 0) is 24.5 Å². The molecule has 1 heterocycles. The highest BCUT2D eigenvalue weighted by atomic mass is 16.3. The molecule has 2 aromatic rings. The molecule has 17 heavy (non-hydrogen) atoms. The van der Waals surface area contributed by atoms with E-state index in [1.807, 2.05) is 19.2 Å². The van der Waals surface area contributed by atoms with Crippen LogP contribution in [0.5, 0.6) is 0 Å². The lowest BCUT2D eigenvalue weighted by Gasteiger charge is -2.11. The van der Waals surface area contributed by atoms with Crippen LogP contribution in [-0.4, -0.2) is 26.0 Å². The maximum Gasteiger partial charge on any atom is 0.138 e. The van der Waals surface area contributed by atoms with Crippen molar-refractivity contribution in [3.05, 3.63) is 47.5 Å². The lowest BCUT2D eigenvalue weighted by Crippen LogP contribution is -2.17. The molecule has 0 bridgehead atoms. The van der Waals surface area contributed by atoms with Gasteiger partial charge in [-0.3, -0.25) is 4.68 Å². The molecule has 1 aromatic carbocycles. The Morgan fingerprint density at radius 1 is 1.29 bits per heavy atom.